The summed E-state index contributed by atoms with van der Waals surface area (Å²) in [6.07, 6.45) is 6.84. The van der Waals surface area contributed by atoms with Gasteiger partial charge in [-0.3, -0.25) is 9.78 Å². The first-order valence-corrected chi connectivity index (χ1v) is 8.72. The van der Waals surface area contributed by atoms with Gasteiger partial charge in [0.05, 0.1) is 19.1 Å². The Hall–Kier alpha value is -3.22. The van der Waals surface area contributed by atoms with Crippen molar-refractivity contribution in [1.82, 2.24) is 24.4 Å². The molecule has 0 spiro atoms. The number of imidazole rings is 1. The Kier molecular flexibility index (Phi) is 5.49. The second-order valence-electron chi connectivity index (χ2n) is 6.59. The topological polar surface area (TPSA) is 73.1 Å². The minimum Gasteiger partial charge on any atom is -0.481 e. The number of aromatic nitrogens is 4. The van der Waals surface area contributed by atoms with Gasteiger partial charge in [0.2, 0.25) is 5.88 Å². The van der Waals surface area contributed by atoms with Crippen molar-refractivity contribution in [3.8, 4) is 17.1 Å². The molecule has 0 radical (unpaired) electrons. The number of ether oxygens (including phenoxy) is 1. The van der Waals surface area contributed by atoms with Gasteiger partial charge in [-0.1, -0.05) is 0 Å². The number of hydrogen-bond acceptors (Lipinski definition) is 5. The van der Waals surface area contributed by atoms with Crippen LogP contribution in [0.2, 0.25) is 0 Å². The maximum atomic E-state index is 12.8. The van der Waals surface area contributed by atoms with Crippen LogP contribution in [0, 0.1) is 0 Å². The van der Waals surface area contributed by atoms with E-state index in [1.807, 2.05) is 39.1 Å². The molecule has 7 nitrogen and oxygen atoms in total. The molecule has 0 fully saturated rings. The third kappa shape index (κ3) is 4.31. The largest absolute Gasteiger partial charge is 0.481 e. The summed E-state index contributed by atoms with van der Waals surface area (Å²) >= 11 is 0. The Bertz CT molecular complexity index is 918. The van der Waals surface area contributed by atoms with Crippen molar-refractivity contribution in [3.63, 3.8) is 0 Å². The van der Waals surface area contributed by atoms with E-state index in [9.17, 15) is 4.79 Å². The molecule has 3 aromatic heterocycles. The maximum Gasteiger partial charge on any atom is 0.274 e. The molecule has 0 atom stereocenters. The van der Waals surface area contributed by atoms with Gasteiger partial charge in [-0.05, 0) is 37.6 Å². The number of aryl methyl sites for hydroxylation is 1. The number of amides is 1. The number of carbonyl (C=O) groups is 1. The zero-order valence-corrected chi connectivity index (χ0v) is 16.0. The van der Waals surface area contributed by atoms with Gasteiger partial charge in [-0.15, -0.1) is 0 Å². The van der Waals surface area contributed by atoms with Crippen LogP contribution in [-0.2, 0) is 13.6 Å². The van der Waals surface area contributed by atoms with E-state index in [1.54, 1.807) is 47.6 Å². The fourth-order valence-electron chi connectivity index (χ4n) is 2.74. The molecular formula is C20H23N5O2. The van der Waals surface area contributed by atoms with Crippen molar-refractivity contribution in [3.05, 3.63) is 60.4 Å². The first-order valence-electron chi connectivity index (χ1n) is 8.72. The monoisotopic (exact) mass is 365 g/mol. The molecule has 0 N–H and O–H groups in total. The molecule has 3 aromatic rings. The highest BCUT2D eigenvalue weighted by Gasteiger charge is 2.21. The van der Waals surface area contributed by atoms with Gasteiger partial charge >= 0.3 is 0 Å². The van der Waals surface area contributed by atoms with Gasteiger partial charge in [-0.2, -0.15) is 0 Å². The van der Waals surface area contributed by atoms with Gasteiger partial charge in [0.1, 0.15) is 5.69 Å². The predicted molar refractivity (Wildman–Crippen MR) is 102 cm³/mol. The van der Waals surface area contributed by atoms with Gasteiger partial charge in [-0.25, -0.2) is 9.97 Å². The van der Waals surface area contributed by atoms with Crippen molar-refractivity contribution in [2.24, 2.45) is 7.05 Å². The molecule has 140 valence electrons. The highest BCUT2D eigenvalue weighted by Crippen LogP contribution is 2.20. The van der Waals surface area contributed by atoms with E-state index >= 15 is 0 Å². The summed E-state index contributed by atoms with van der Waals surface area (Å²) < 4.78 is 6.87. The van der Waals surface area contributed by atoms with E-state index < -0.39 is 0 Å². The summed E-state index contributed by atoms with van der Waals surface area (Å²) in [5.41, 5.74) is 3.13. The molecule has 1 amide bonds. The van der Waals surface area contributed by atoms with E-state index in [0.717, 1.165) is 16.8 Å². The van der Waals surface area contributed by atoms with Crippen molar-refractivity contribution < 1.29 is 9.53 Å². The third-order valence-electron chi connectivity index (χ3n) is 4.23. The normalized spacial score (nSPS) is 10.9. The lowest BCUT2D eigenvalue weighted by Crippen LogP contribution is -2.36. The van der Waals surface area contributed by atoms with Gasteiger partial charge in [0, 0.05) is 49.9 Å². The molecule has 0 aliphatic carbocycles. The summed E-state index contributed by atoms with van der Waals surface area (Å²) in [7, 11) is 3.43. The quantitative estimate of drug-likeness (QED) is 0.671. The average Bonchev–Trinajstić information content (AvgIpc) is 3.12. The van der Waals surface area contributed by atoms with Crippen molar-refractivity contribution in [1.29, 1.82) is 0 Å². The Morgan fingerprint density at radius 3 is 2.63 bits per heavy atom. The van der Waals surface area contributed by atoms with Gasteiger partial charge in [0.15, 0.2) is 0 Å². The zero-order chi connectivity index (χ0) is 19.4. The number of rotatable bonds is 6. The summed E-state index contributed by atoms with van der Waals surface area (Å²) in [4.78, 5) is 27.5. The summed E-state index contributed by atoms with van der Waals surface area (Å²) in [6, 6.07) is 7.65. The fraction of sp³-hybridized carbons (Fsp3) is 0.300. The van der Waals surface area contributed by atoms with E-state index in [-0.39, 0.29) is 11.9 Å². The molecule has 27 heavy (non-hydrogen) atoms. The van der Waals surface area contributed by atoms with E-state index in [4.69, 9.17) is 4.74 Å². The first-order chi connectivity index (χ1) is 13.0. The van der Waals surface area contributed by atoms with Crippen LogP contribution < -0.4 is 4.74 Å². The summed E-state index contributed by atoms with van der Waals surface area (Å²) in [6.45, 7) is 4.47. The highest BCUT2D eigenvalue weighted by molar-refractivity contribution is 5.92. The number of carbonyl (C=O) groups excluding carboxylic acids is 1. The number of pyridine rings is 2. The van der Waals surface area contributed by atoms with Crippen molar-refractivity contribution >= 4 is 5.91 Å². The smallest absolute Gasteiger partial charge is 0.274 e. The molecule has 3 rings (SSSR count). The molecule has 0 aliphatic rings. The van der Waals surface area contributed by atoms with Crippen LogP contribution in [0.4, 0.5) is 0 Å². The van der Waals surface area contributed by atoms with Crippen LogP contribution in [-0.4, -0.2) is 43.5 Å². The van der Waals surface area contributed by atoms with E-state index in [0.29, 0.717) is 18.1 Å². The van der Waals surface area contributed by atoms with Crippen molar-refractivity contribution in [2.45, 2.75) is 26.4 Å². The Balaban J connectivity index is 1.83. The summed E-state index contributed by atoms with van der Waals surface area (Å²) in [5, 5.41) is 0. The number of methoxy groups -OCH3 is 1. The van der Waals surface area contributed by atoms with E-state index in [1.165, 1.54) is 0 Å². The second kappa shape index (κ2) is 7.99. The zero-order valence-electron chi connectivity index (χ0n) is 16.0. The van der Waals surface area contributed by atoms with Crippen LogP contribution in [0.1, 0.15) is 29.9 Å². The third-order valence-corrected chi connectivity index (χ3v) is 4.23. The Labute approximate surface area is 158 Å². The molecule has 0 unspecified atom stereocenters. The molecule has 0 saturated carbocycles. The molecule has 0 saturated heterocycles. The molecular weight excluding hydrogens is 342 g/mol. The number of hydrogen-bond donors (Lipinski definition) is 0. The Morgan fingerprint density at radius 2 is 2.04 bits per heavy atom. The average molecular weight is 365 g/mol. The fourth-order valence-corrected chi connectivity index (χ4v) is 2.74. The first kappa shape index (κ1) is 18.6. The lowest BCUT2D eigenvalue weighted by molar-refractivity contribution is 0.0684. The van der Waals surface area contributed by atoms with Crippen LogP contribution in [0.25, 0.3) is 11.3 Å². The predicted octanol–water partition coefficient (Wildman–Crippen LogP) is 2.94. The van der Waals surface area contributed by atoms with Crippen LogP contribution in [0.15, 0.2) is 49.2 Å². The lowest BCUT2D eigenvalue weighted by atomic mass is 10.1. The molecule has 0 bridgehead atoms. The second-order valence-corrected chi connectivity index (χ2v) is 6.59. The standard InChI is InChI=1S/C20H23N5O2/c1-14(2)25(20(26)18-12-24(3)13-23-18)11-15-7-8-21-17(9-15)16-5-6-19(27-4)22-10-16/h5-10,12-14H,11H2,1-4H3. The van der Waals surface area contributed by atoms with Gasteiger partial charge in [0.25, 0.3) is 5.91 Å². The van der Waals surface area contributed by atoms with Crippen molar-refractivity contribution in [2.75, 3.05) is 7.11 Å². The maximum absolute atomic E-state index is 12.8. The SMILES string of the molecule is COc1ccc(-c2cc(CN(C(=O)c3cn(C)cn3)C(C)C)ccn2)cn1. The minimum atomic E-state index is -0.0879. The molecule has 7 heteroatoms. The van der Waals surface area contributed by atoms with Crippen LogP contribution >= 0.6 is 0 Å². The lowest BCUT2D eigenvalue weighted by Gasteiger charge is -2.26. The van der Waals surface area contributed by atoms with Crippen LogP contribution in [0.5, 0.6) is 5.88 Å². The molecule has 0 aromatic carbocycles. The summed E-state index contributed by atoms with van der Waals surface area (Å²) in [5.74, 6) is 0.469. The molecule has 3 heterocycles. The van der Waals surface area contributed by atoms with Gasteiger partial charge < -0.3 is 14.2 Å². The minimum absolute atomic E-state index is 0.0405. The Morgan fingerprint density at radius 1 is 1.22 bits per heavy atom. The van der Waals surface area contributed by atoms with E-state index in [2.05, 4.69) is 15.0 Å². The number of nitrogens with zero attached hydrogens (tertiary/aromatic N) is 5. The van der Waals surface area contributed by atoms with Crippen LogP contribution in [0.3, 0.4) is 0 Å². The highest BCUT2D eigenvalue weighted by atomic mass is 16.5. The molecule has 0 aliphatic heterocycles.